The Labute approximate surface area is 113 Å². The van der Waals surface area contributed by atoms with Gasteiger partial charge >= 0.3 is 0 Å². The van der Waals surface area contributed by atoms with E-state index in [1.165, 1.54) is 5.56 Å². The molecule has 0 spiro atoms. The minimum atomic E-state index is -0.234. The molecule has 17 heavy (non-hydrogen) atoms. The third-order valence-corrected chi connectivity index (χ3v) is 3.09. The fraction of sp³-hybridized carbons (Fsp3) is 0.571. The predicted molar refractivity (Wildman–Crippen MR) is 76.8 cm³/mol. The van der Waals surface area contributed by atoms with Crippen molar-refractivity contribution in [2.45, 2.75) is 45.6 Å². The van der Waals surface area contributed by atoms with Crippen molar-refractivity contribution < 1.29 is 4.74 Å². The first kappa shape index (κ1) is 14.5. The van der Waals surface area contributed by atoms with Crippen molar-refractivity contribution in [3.63, 3.8) is 0 Å². The summed E-state index contributed by atoms with van der Waals surface area (Å²) in [7, 11) is 1.72. The standard InChI is InChI=1S/C14H22BrNO/c1-9(2)12-7-11(15)6-10(13(12)17-5)8-14(3,4)16/h6-7,9H,8,16H2,1-5H3. The zero-order valence-corrected chi connectivity index (χ0v) is 12.9. The molecule has 0 amide bonds. The Morgan fingerprint density at radius 1 is 1.35 bits per heavy atom. The van der Waals surface area contributed by atoms with E-state index < -0.39 is 0 Å². The molecule has 0 aromatic heterocycles. The molecule has 0 aliphatic heterocycles. The van der Waals surface area contributed by atoms with Crippen LogP contribution in [0.1, 0.15) is 44.7 Å². The van der Waals surface area contributed by atoms with E-state index >= 15 is 0 Å². The third-order valence-electron chi connectivity index (χ3n) is 2.63. The van der Waals surface area contributed by atoms with E-state index in [2.05, 4.69) is 41.9 Å². The Kier molecular flexibility index (Phi) is 4.62. The van der Waals surface area contributed by atoms with Crippen LogP contribution in [0.3, 0.4) is 0 Å². The number of ether oxygens (including phenoxy) is 1. The lowest BCUT2D eigenvalue weighted by molar-refractivity contribution is 0.395. The fourth-order valence-corrected chi connectivity index (χ4v) is 2.50. The highest BCUT2D eigenvalue weighted by Gasteiger charge is 2.19. The van der Waals surface area contributed by atoms with Crippen LogP contribution in [0, 0.1) is 0 Å². The molecule has 0 saturated carbocycles. The summed E-state index contributed by atoms with van der Waals surface area (Å²) < 4.78 is 6.65. The first-order chi connectivity index (χ1) is 7.74. The lowest BCUT2D eigenvalue weighted by atomic mass is 9.91. The second kappa shape index (κ2) is 5.40. The van der Waals surface area contributed by atoms with Gasteiger partial charge in [-0.2, -0.15) is 0 Å². The number of halogens is 1. The zero-order valence-electron chi connectivity index (χ0n) is 11.3. The zero-order chi connectivity index (χ0) is 13.2. The molecule has 0 fully saturated rings. The fourth-order valence-electron chi connectivity index (χ4n) is 1.97. The van der Waals surface area contributed by atoms with Crippen LogP contribution in [0.2, 0.25) is 0 Å². The van der Waals surface area contributed by atoms with Crippen LogP contribution in [0.15, 0.2) is 16.6 Å². The summed E-state index contributed by atoms with van der Waals surface area (Å²) in [5, 5.41) is 0. The summed E-state index contributed by atoms with van der Waals surface area (Å²) in [5.41, 5.74) is 8.25. The van der Waals surface area contributed by atoms with Crippen molar-refractivity contribution >= 4 is 15.9 Å². The summed E-state index contributed by atoms with van der Waals surface area (Å²) >= 11 is 3.56. The molecule has 0 bridgehead atoms. The molecule has 2 N–H and O–H groups in total. The Morgan fingerprint density at radius 3 is 2.35 bits per heavy atom. The lowest BCUT2D eigenvalue weighted by Crippen LogP contribution is -2.34. The molecule has 3 heteroatoms. The minimum Gasteiger partial charge on any atom is -0.496 e. The van der Waals surface area contributed by atoms with E-state index in [0.717, 1.165) is 22.2 Å². The molecular weight excluding hydrogens is 278 g/mol. The molecule has 0 aliphatic rings. The average Bonchev–Trinajstić information content (AvgIpc) is 2.14. The van der Waals surface area contributed by atoms with Gasteiger partial charge in [0.15, 0.2) is 0 Å². The van der Waals surface area contributed by atoms with Gasteiger partial charge in [-0.15, -0.1) is 0 Å². The quantitative estimate of drug-likeness (QED) is 0.916. The predicted octanol–water partition coefficient (Wildman–Crippen LogP) is 3.86. The van der Waals surface area contributed by atoms with E-state index in [-0.39, 0.29) is 5.54 Å². The molecule has 0 atom stereocenters. The maximum atomic E-state index is 6.10. The number of hydrogen-bond acceptors (Lipinski definition) is 2. The van der Waals surface area contributed by atoms with E-state index in [4.69, 9.17) is 10.5 Å². The van der Waals surface area contributed by atoms with Gasteiger partial charge in [0, 0.05) is 10.0 Å². The van der Waals surface area contributed by atoms with Crippen LogP contribution < -0.4 is 10.5 Å². The van der Waals surface area contributed by atoms with E-state index in [1.54, 1.807) is 7.11 Å². The first-order valence-electron chi connectivity index (χ1n) is 5.90. The number of rotatable bonds is 4. The Morgan fingerprint density at radius 2 is 1.94 bits per heavy atom. The molecule has 1 aromatic rings. The summed E-state index contributed by atoms with van der Waals surface area (Å²) in [6.07, 6.45) is 0.801. The largest absolute Gasteiger partial charge is 0.496 e. The number of hydrogen-bond donors (Lipinski definition) is 1. The van der Waals surface area contributed by atoms with Crippen molar-refractivity contribution in [2.24, 2.45) is 5.73 Å². The second-order valence-corrected chi connectivity index (χ2v) is 6.42. The Balaban J connectivity index is 3.28. The molecule has 0 radical (unpaired) electrons. The average molecular weight is 300 g/mol. The molecule has 0 aliphatic carbocycles. The van der Waals surface area contributed by atoms with Gasteiger partial charge in [-0.25, -0.2) is 0 Å². The maximum absolute atomic E-state index is 6.10. The lowest BCUT2D eigenvalue weighted by Gasteiger charge is -2.23. The molecular formula is C14H22BrNO. The summed E-state index contributed by atoms with van der Waals surface area (Å²) in [4.78, 5) is 0. The minimum absolute atomic E-state index is 0.234. The van der Waals surface area contributed by atoms with Crippen LogP contribution >= 0.6 is 15.9 Å². The number of nitrogens with two attached hydrogens (primary N) is 1. The molecule has 0 heterocycles. The Hall–Kier alpha value is -0.540. The smallest absolute Gasteiger partial charge is 0.125 e. The van der Waals surface area contributed by atoms with Gasteiger partial charge in [0.1, 0.15) is 5.75 Å². The van der Waals surface area contributed by atoms with Crippen LogP contribution in [-0.2, 0) is 6.42 Å². The highest BCUT2D eigenvalue weighted by Crippen LogP contribution is 2.34. The summed E-state index contributed by atoms with van der Waals surface area (Å²) in [6.45, 7) is 8.40. The van der Waals surface area contributed by atoms with Gasteiger partial charge in [-0.1, -0.05) is 29.8 Å². The van der Waals surface area contributed by atoms with Crippen molar-refractivity contribution in [1.82, 2.24) is 0 Å². The molecule has 2 nitrogen and oxygen atoms in total. The normalized spacial score (nSPS) is 12.0. The highest BCUT2D eigenvalue weighted by molar-refractivity contribution is 9.10. The van der Waals surface area contributed by atoms with E-state index in [1.807, 2.05) is 13.8 Å². The second-order valence-electron chi connectivity index (χ2n) is 5.51. The number of methoxy groups -OCH3 is 1. The van der Waals surface area contributed by atoms with Gasteiger partial charge in [0.2, 0.25) is 0 Å². The highest BCUT2D eigenvalue weighted by atomic mass is 79.9. The van der Waals surface area contributed by atoms with Gasteiger partial charge < -0.3 is 10.5 Å². The van der Waals surface area contributed by atoms with Gasteiger partial charge in [0.05, 0.1) is 7.11 Å². The van der Waals surface area contributed by atoms with E-state index in [9.17, 15) is 0 Å². The molecule has 96 valence electrons. The van der Waals surface area contributed by atoms with Gasteiger partial charge in [-0.05, 0) is 49.4 Å². The Bertz CT molecular complexity index is 394. The van der Waals surface area contributed by atoms with Crippen molar-refractivity contribution in [2.75, 3.05) is 7.11 Å². The van der Waals surface area contributed by atoms with Crippen molar-refractivity contribution in [1.29, 1.82) is 0 Å². The molecule has 0 saturated heterocycles. The topological polar surface area (TPSA) is 35.2 Å². The SMILES string of the molecule is COc1c(CC(C)(C)N)cc(Br)cc1C(C)C. The summed E-state index contributed by atoms with van der Waals surface area (Å²) in [6, 6.07) is 4.22. The van der Waals surface area contributed by atoms with Crippen LogP contribution in [0.25, 0.3) is 0 Å². The maximum Gasteiger partial charge on any atom is 0.125 e. The number of benzene rings is 1. The summed E-state index contributed by atoms with van der Waals surface area (Å²) in [5.74, 6) is 1.41. The van der Waals surface area contributed by atoms with Gasteiger partial charge in [-0.3, -0.25) is 0 Å². The first-order valence-corrected chi connectivity index (χ1v) is 6.69. The van der Waals surface area contributed by atoms with Crippen LogP contribution in [-0.4, -0.2) is 12.6 Å². The van der Waals surface area contributed by atoms with Crippen molar-refractivity contribution in [3.05, 3.63) is 27.7 Å². The van der Waals surface area contributed by atoms with Gasteiger partial charge in [0.25, 0.3) is 0 Å². The third kappa shape index (κ3) is 4.00. The monoisotopic (exact) mass is 299 g/mol. The van der Waals surface area contributed by atoms with Crippen LogP contribution in [0.4, 0.5) is 0 Å². The molecule has 0 unspecified atom stereocenters. The van der Waals surface area contributed by atoms with Crippen LogP contribution in [0.5, 0.6) is 5.75 Å². The van der Waals surface area contributed by atoms with E-state index in [0.29, 0.717) is 5.92 Å². The van der Waals surface area contributed by atoms with Crippen molar-refractivity contribution in [3.8, 4) is 5.75 Å². The molecule has 1 aromatic carbocycles. The molecule has 1 rings (SSSR count).